The van der Waals surface area contributed by atoms with E-state index in [1.165, 1.54) is 12.1 Å². The average molecular weight is 311 g/mol. The summed E-state index contributed by atoms with van der Waals surface area (Å²) in [6, 6.07) is 11.4. The number of ether oxygens (including phenoxy) is 2. The van der Waals surface area contributed by atoms with E-state index in [0.29, 0.717) is 30.1 Å². The number of halogens is 1. The minimum atomic E-state index is -0.529. The van der Waals surface area contributed by atoms with Crippen molar-refractivity contribution in [3.8, 4) is 11.5 Å². The smallest absolute Gasteiger partial charge is 0.131 e. The SMILES string of the molecule is [N-]=[N+]=N[C@@H]1c2cc(F)ccc2Oc2ccccc2[C@H]1C[C@H]1CO1. The number of hydrogen-bond acceptors (Lipinski definition) is 3. The van der Waals surface area contributed by atoms with Crippen LogP contribution in [0.4, 0.5) is 4.39 Å². The number of nitrogens with zero attached hydrogens (tertiary/aromatic N) is 3. The molecule has 2 aromatic rings. The third-order valence-corrected chi connectivity index (χ3v) is 4.31. The fourth-order valence-corrected chi connectivity index (χ4v) is 3.17. The molecule has 6 heteroatoms. The highest BCUT2D eigenvalue weighted by molar-refractivity contribution is 5.49. The van der Waals surface area contributed by atoms with Crippen molar-refractivity contribution in [1.29, 1.82) is 0 Å². The van der Waals surface area contributed by atoms with Crippen LogP contribution < -0.4 is 4.74 Å². The number of fused-ring (bicyclic) bond motifs is 2. The third-order valence-electron chi connectivity index (χ3n) is 4.31. The van der Waals surface area contributed by atoms with E-state index in [2.05, 4.69) is 10.0 Å². The van der Waals surface area contributed by atoms with E-state index in [0.717, 1.165) is 5.56 Å². The highest BCUT2D eigenvalue weighted by Gasteiger charge is 2.37. The van der Waals surface area contributed by atoms with Gasteiger partial charge in [-0.2, -0.15) is 0 Å². The van der Waals surface area contributed by atoms with E-state index in [1.807, 2.05) is 24.3 Å². The zero-order valence-electron chi connectivity index (χ0n) is 12.2. The highest BCUT2D eigenvalue weighted by atomic mass is 19.1. The Morgan fingerprint density at radius 1 is 1.17 bits per heavy atom. The fourth-order valence-electron chi connectivity index (χ4n) is 3.17. The molecule has 5 nitrogen and oxygen atoms in total. The van der Waals surface area contributed by atoms with E-state index in [1.54, 1.807) is 6.07 Å². The summed E-state index contributed by atoms with van der Waals surface area (Å²) in [5.74, 6) is 0.743. The number of azide groups is 1. The van der Waals surface area contributed by atoms with Gasteiger partial charge in [0, 0.05) is 16.4 Å². The van der Waals surface area contributed by atoms with Crippen molar-refractivity contribution in [3.63, 3.8) is 0 Å². The van der Waals surface area contributed by atoms with Gasteiger partial charge < -0.3 is 9.47 Å². The Morgan fingerprint density at radius 2 is 1.96 bits per heavy atom. The first-order valence-corrected chi connectivity index (χ1v) is 7.48. The van der Waals surface area contributed by atoms with Crippen LogP contribution in [0.25, 0.3) is 10.4 Å². The number of benzene rings is 2. The van der Waals surface area contributed by atoms with Crippen molar-refractivity contribution in [3.05, 3.63) is 69.9 Å². The first-order valence-electron chi connectivity index (χ1n) is 7.48. The predicted molar refractivity (Wildman–Crippen MR) is 81.9 cm³/mol. The molecule has 0 unspecified atom stereocenters. The van der Waals surface area contributed by atoms with Crippen LogP contribution in [0.2, 0.25) is 0 Å². The average Bonchev–Trinajstić information content (AvgIpc) is 3.38. The van der Waals surface area contributed by atoms with Gasteiger partial charge in [0.05, 0.1) is 18.8 Å². The van der Waals surface area contributed by atoms with Crippen LogP contribution in [0.5, 0.6) is 11.5 Å². The van der Waals surface area contributed by atoms with E-state index in [4.69, 9.17) is 15.0 Å². The second kappa shape index (κ2) is 5.57. The van der Waals surface area contributed by atoms with Crippen molar-refractivity contribution in [2.75, 3.05) is 6.61 Å². The number of rotatable bonds is 3. The third kappa shape index (κ3) is 2.63. The van der Waals surface area contributed by atoms with Crippen LogP contribution in [-0.2, 0) is 4.74 Å². The van der Waals surface area contributed by atoms with Crippen LogP contribution in [-0.4, -0.2) is 12.7 Å². The second-order valence-corrected chi connectivity index (χ2v) is 5.77. The van der Waals surface area contributed by atoms with Crippen LogP contribution in [0.15, 0.2) is 47.6 Å². The van der Waals surface area contributed by atoms with Gasteiger partial charge in [-0.05, 0) is 41.8 Å². The molecule has 1 saturated heterocycles. The zero-order valence-corrected chi connectivity index (χ0v) is 12.2. The number of epoxide rings is 1. The summed E-state index contributed by atoms with van der Waals surface area (Å²) in [7, 11) is 0. The van der Waals surface area contributed by atoms with Gasteiger partial charge >= 0.3 is 0 Å². The van der Waals surface area contributed by atoms with Crippen molar-refractivity contribution in [2.45, 2.75) is 24.5 Å². The van der Waals surface area contributed by atoms with Crippen LogP contribution in [0.3, 0.4) is 0 Å². The molecule has 116 valence electrons. The van der Waals surface area contributed by atoms with Gasteiger partial charge in [0.1, 0.15) is 17.3 Å². The molecular weight excluding hydrogens is 297 g/mol. The molecular formula is C17H14FN3O2. The maximum atomic E-state index is 13.8. The standard InChI is InChI=1S/C17H14FN3O2/c18-10-5-6-16-14(7-10)17(20-21-19)13(8-11-9-22-11)12-3-1-2-4-15(12)23-16/h1-7,11,13,17H,8-9H2/t11-,13+,17-/m0/s1. The molecule has 0 aliphatic carbocycles. The molecule has 0 aromatic heterocycles. The van der Waals surface area contributed by atoms with E-state index in [-0.39, 0.29) is 17.8 Å². The highest BCUT2D eigenvalue weighted by Crippen LogP contribution is 2.49. The van der Waals surface area contributed by atoms with Crippen LogP contribution >= 0.6 is 0 Å². The molecule has 2 aromatic carbocycles. The summed E-state index contributed by atoms with van der Waals surface area (Å²) in [4.78, 5) is 2.99. The molecule has 23 heavy (non-hydrogen) atoms. The lowest BCUT2D eigenvalue weighted by atomic mass is 9.84. The molecule has 0 bridgehead atoms. The van der Waals surface area contributed by atoms with Gasteiger partial charge in [0.15, 0.2) is 0 Å². The summed E-state index contributed by atoms with van der Waals surface area (Å²) in [6.45, 7) is 0.707. The van der Waals surface area contributed by atoms with Gasteiger partial charge in [0.2, 0.25) is 0 Å². The van der Waals surface area contributed by atoms with E-state index < -0.39 is 6.04 Å². The second-order valence-electron chi connectivity index (χ2n) is 5.77. The van der Waals surface area contributed by atoms with Gasteiger partial charge in [0.25, 0.3) is 0 Å². The molecule has 1 fully saturated rings. The Bertz CT molecular complexity index is 800. The summed E-state index contributed by atoms with van der Waals surface area (Å²) in [6.07, 6.45) is 0.861. The van der Waals surface area contributed by atoms with Crippen LogP contribution in [0, 0.1) is 5.82 Å². The van der Waals surface area contributed by atoms with Gasteiger partial charge in [-0.1, -0.05) is 23.3 Å². The zero-order chi connectivity index (χ0) is 15.8. The monoisotopic (exact) mass is 311 g/mol. The molecule has 2 aliphatic heterocycles. The Labute approximate surface area is 132 Å². The topological polar surface area (TPSA) is 70.5 Å². The molecule has 0 N–H and O–H groups in total. The summed E-state index contributed by atoms with van der Waals surface area (Å²) >= 11 is 0. The van der Waals surface area contributed by atoms with E-state index in [9.17, 15) is 4.39 Å². The Morgan fingerprint density at radius 3 is 2.74 bits per heavy atom. The largest absolute Gasteiger partial charge is 0.457 e. The Hall–Kier alpha value is -2.56. The molecule has 2 heterocycles. The van der Waals surface area contributed by atoms with Crippen molar-refractivity contribution in [2.24, 2.45) is 5.11 Å². The molecule has 2 aliphatic rings. The summed E-state index contributed by atoms with van der Waals surface area (Å²) in [5, 5.41) is 3.97. The Kier molecular flexibility index (Phi) is 3.41. The number of hydrogen-bond donors (Lipinski definition) is 0. The summed E-state index contributed by atoms with van der Waals surface area (Å²) < 4.78 is 25.1. The summed E-state index contributed by atoms with van der Waals surface area (Å²) in [5.41, 5.74) is 10.5. The van der Waals surface area contributed by atoms with Crippen molar-refractivity contribution in [1.82, 2.24) is 0 Å². The minimum absolute atomic E-state index is 0.113. The van der Waals surface area contributed by atoms with Gasteiger partial charge in [-0.15, -0.1) is 0 Å². The van der Waals surface area contributed by atoms with Crippen molar-refractivity contribution < 1.29 is 13.9 Å². The maximum absolute atomic E-state index is 13.8. The van der Waals surface area contributed by atoms with Gasteiger partial charge in [-0.3, -0.25) is 0 Å². The lowest BCUT2D eigenvalue weighted by Gasteiger charge is -2.22. The molecule has 0 saturated carbocycles. The molecule has 0 radical (unpaired) electrons. The molecule has 3 atom stereocenters. The quantitative estimate of drug-likeness (QED) is 0.351. The van der Waals surface area contributed by atoms with Crippen LogP contribution in [0.1, 0.15) is 29.5 Å². The predicted octanol–water partition coefficient (Wildman–Crippen LogP) is 4.86. The van der Waals surface area contributed by atoms with E-state index >= 15 is 0 Å². The Balaban J connectivity index is 1.91. The number of para-hydroxylation sites is 1. The van der Waals surface area contributed by atoms with Gasteiger partial charge in [-0.25, -0.2) is 4.39 Å². The first-order chi connectivity index (χ1) is 11.3. The molecule has 0 amide bonds. The lowest BCUT2D eigenvalue weighted by Crippen LogP contribution is -2.11. The lowest BCUT2D eigenvalue weighted by molar-refractivity contribution is 0.366. The molecule has 0 spiro atoms. The first kappa shape index (κ1) is 14.1. The van der Waals surface area contributed by atoms with Crippen molar-refractivity contribution >= 4 is 0 Å². The minimum Gasteiger partial charge on any atom is -0.457 e. The maximum Gasteiger partial charge on any atom is 0.131 e. The fraction of sp³-hybridized carbons (Fsp3) is 0.294. The normalized spacial score (nSPS) is 24.5. The molecule has 4 rings (SSSR count).